The molecule has 0 heterocycles. The zero-order chi connectivity index (χ0) is 11.1. The molecule has 1 aromatic carbocycles. The molecular formula is C10H12ClN3O. The number of nitrogens with zero attached hydrogens (tertiary/aromatic N) is 3. The SMILES string of the molecule is Cc1ccc(OCCCN=[N+]=[N-])c(Cl)c1. The van der Waals surface area contributed by atoms with Crippen molar-refractivity contribution in [2.45, 2.75) is 13.3 Å². The smallest absolute Gasteiger partial charge is 0.137 e. The monoisotopic (exact) mass is 225 g/mol. The van der Waals surface area contributed by atoms with Gasteiger partial charge in [-0.1, -0.05) is 22.8 Å². The summed E-state index contributed by atoms with van der Waals surface area (Å²) < 4.78 is 5.42. The van der Waals surface area contributed by atoms with Gasteiger partial charge in [0.05, 0.1) is 11.6 Å². The van der Waals surface area contributed by atoms with Crippen LogP contribution < -0.4 is 4.74 Å². The van der Waals surface area contributed by atoms with Crippen molar-refractivity contribution in [3.8, 4) is 5.75 Å². The maximum Gasteiger partial charge on any atom is 0.137 e. The Morgan fingerprint density at radius 2 is 2.33 bits per heavy atom. The fourth-order valence-electron chi connectivity index (χ4n) is 1.09. The van der Waals surface area contributed by atoms with E-state index in [1.54, 1.807) is 0 Å². The average molecular weight is 226 g/mol. The summed E-state index contributed by atoms with van der Waals surface area (Å²) in [5.41, 5.74) is 9.15. The van der Waals surface area contributed by atoms with Gasteiger partial charge in [0.2, 0.25) is 0 Å². The molecule has 1 rings (SSSR count). The largest absolute Gasteiger partial charge is 0.492 e. The highest BCUT2D eigenvalue weighted by atomic mass is 35.5. The van der Waals surface area contributed by atoms with Crippen LogP contribution >= 0.6 is 11.6 Å². The van der Waals surface area contributed by atoms with Gasteiger partial charge in [-0.15, -0.1) is 0 Å². The van der Waals surface area contributed by atoms with Crippen LogP contribution in [0.2, 0.25) is 5.02 Å². The first-order valence-electron chi connectivity index (χ1n) is 4.64. The van der Waals surface area contributed by atoms with E-state index in [0.717, 1.165) is 5.56 Å². The lowest BCUT2D eigenvalue weighted by atomic mass is 10.2. The van der Waals surface area contributed by atoms with Gasteiger partial charge in [0, 0.05) is 11.5 Å². The number of halogens is 1. The van der Waals surface area contributed by atoms with Crippen molar-refractivity contribution in [3.05, 3.63) is 39.2 Å². The Morgan fingerprint density at radius 3 is 3.00 bits per heavy atom. The molecule has 0 saturated carbocycles. The zero-order valence-corrected chi connectivity index (χ0v) is 9.24. The number of hydrogen-bond acceptors (Lipinski definition) is 2. The van der Waals surface area contributed by atoms with E-state index in [1.165, 1.54) is 0 Å². The molecule has 1 aromatic rings. The molecule has 0 atom stereocenters. The third-order valence-electron chi connectivity index (χ3n) is 1.81. The molecule has 0 spiro atoms. The summed E-state index contributed by atoms with van der Waals surface area (Å²) in [4.78, 5) is 2.65. The normalized spacial score (nSPS) is 9.47. The van der Waals surface area contributed by atoms with Crippen LogP contribution in [0.15, 0.2) is 23.3 Å². The molecular weight excluding hydrogens is 214 g/mol. The minimum Gasteiger partial charge on any atom is -0.492 e. The zero-order valence-electron chi connectivity index (χ0n) is 8.48. The van der Waals surface area contributed by atoms with E-state index in [0.29, 0.717) is 30.3 Å². The highest BCUT2D eigenvalue weighted by Gasteiger charge is 2.00. The molecule has 0 unspecified atom stereocenters. The van der Waals surface area contributed by atoms with Crippen molar-refractivity contribution >= 4 is 11.6 Å². The second-order valence-corrected chi connectivity index (χ2v) is 3.50. The van der Waals surface area contributed by atoms with Crippen LogP contribution in [-0.2, 0) is 0 Å². The standard InChI is InChI=1S/C10H12ClN3O/c1-8-3-4-10(9(11)7-8)15-6-2-5-13-14-12/h3-4,7H,2,5-6H2,1H3. The van der Waals surface area contributed by atoms with Crippen LogP contribution in [-0.4, -0.2) is 13.2 Å². The summed E-state index contributed by atoms with van der Waals surface area (Å²) in [6, 6.07) is 5.63. The van der Waals surface area contributed by atoms with Gasteiger partial charge in [-0.2, -0.15) is 0 Å². The lowest BCUT2D eigenvalue weighted by Gasteiger charge is -2.07. The van der Waals surface area contributed by atoms with Gasteiger partial charge in [0.15, 0.2) is 0 Å². The highest BCUT2D eigenvalue weighted by Crippen LogP contribution is 2.25. The second-order valence-electron chi connectivity index (χ2n) is 3.09. The van der Waals surface area contributed by atoms with Crippen LogP contribution in [0.1, 0.15) is 12.0 Å². The third-order valence-corrected chi connectivity index (χ3v) is 2.11. The van der Waals surface area contributed by atoms with Gasteiger partial charge in [0.1, 0.15) is 5.75 Å². The van der Waals surface area contributed by atoms with Gasteiger partial charge in [-0.3, -0.25) is 0 Å². The van der Waals surface area contributed by atoms with E-state index in [2.05, 4.69) is 10.0 Å². The maximum absolute atomic E-state index is 8.05. The van der Waals surface area contributed by atoms with Crippen LogP contribution in [0.3, 0.4) is 0 Å². The summed E-state index contributed by atoms with van der Waals surface area (Å²) in [6.45, 7) is 2.92. The number of hydrogen-bond donors (Lipinski definition) is 0. The molecule has 0 aliphatic carbocycles. The lowest BCUT2D eigenvalue weighted by Crippen LogP contribution is -1.99. The fourth-order valence-corrected chi connectivity index (χ4v) is 1.37. The van der Waals surface area contributed by atoms with Crippen molar-refractivity contribution in [2.24, 2.45) is 5.11 Å². The third kappa shape index (κ3) is 4.11. The van der Waals surface area contributed by atoms with Gasteiger partial charge in [-0.25, -0.2) is 0 Å². The first-order chi connectivity index (χ1) is 7.24. The fraction of sp³-hybridized carbons (Fsp3) is 0.400. The summed E-state index contributed by atoms with van der Waals surface area (Å²) in [5, 5.41) is 4.02. The summed E-state index contributed by atoms with van der Waals surface area (Å²) in [7, 11) is 0. The van der Waals surface area contributed by atoms with Gasteiger partial charge in [-0.05, 0) is 36.6 Å². The van der Waals surface area contributed by atoms with Crippen molar-refractivity contribution in [1.29, 1.82) is 0 Å². The predicted molar refractivity (Wildman–Crippen MR) is 60.3 cm³/mol. The number of rotatable bonds is 5. The molecule has 0 amide bonds. The first-order valence-corrected chi connectivity index (χ1v) is 5.01. The van der Waals surface area contributed by atoms with Crippen molar-refractivity contribution in [3.63, 3.8) is 0 Å². The molecule has 0 aliphatic heterocycles. The van der Waals surface area contributed by atoms with E-state index in [-0.39, 0.29) is 0 Å². The summed E-state index contributed by atoms with van der Waals surface area (Å²) in [5.74, 6) is 0.670. The van der Waals surface area contributed by atoms with E-state index in [1.807, 2.05) is 25.1 Å². The van der Waals surface area contributed by atoms with E-state index >= 15 is 0 Å². The Bertz CT molecular complexity index is 375. The molecule has 80 valence electrons. The summed E-state index contributed by atoms with van der Waals surface area (Å²) >= 11 is 5.96. The van der Waals surface area contributed by atoms with E-state index in [4.69, 9.17) is 21.9 Å². The molecule has 0 saturated heterocycles. The minimum atomic E-state index is 0.444. The molecule has 0 aromatic heterocycles. The molecule has 5 heteroatoms. The molecule has 0 fully saturated rings. The number of ether oxygens (including phenoxy) is 1. The predicted octanol–water partition coefficient (Wildman–Crippen LogP) is 3.73. The van der Waals surface area contributed by atoms with Gasteiger partial charge >= 0.3 is 0 Å². The minimum absolute atomic E-state index is 0.444. The van der Waals surface area contributed by atoms with E-state index in [9.17, 15) is 0 Å². The Balaban J connectivity index is 2.40. The van der Waals surface area contributed by atoms with E-state index < -0.39 is 0 Å². The molecule has 0 N–H and O–H groups in total. The second kappa shape index (κ2) is 6.17. The average Bonchev–Trinajstić information content (AvgIpc) is 2.20. The Hall–Kier alpha value is -1.38. The molecule has 0 bridgehead atoms. The molecule has 0 aliphatic rings. The van der Waals surface area contributed by atoms with Gasteiger partial charge in [0.25, 0.3) is 0 Å². The van der Waals surface area contributed by atoms with Crippen molar-refractivity contribution in [1.82, 2.24) is 0 Å². The maximum atomic E-state index is 8.05. The Kier molecular flexibility index (Phi) is 4.81. The first kappa shape index (κ1) is 11.7. The Labute approximate surface area is 93.4 Å². The van der Waals surface area contributed by atoms with Crippen LogP contribution in [0.25, 0.3) is 10.4 Å². The highest BCUT2D eigenvalue weighted by molar-refractivity contribution is 6.32. The topological polar surface area (TPSA) is 58.0 Å². The quantitative estimate of drug-likeness (QED) is 0.326. The van der Waals surface area contributed by atoms with Crippen molar-refractivity contribution < 1.29 is 4.74 Å². The van der Waals surface area contributed by atoms with Gasteiger partial charge < -0.3 is 4.74 Å². The number of azide groups is 1. The van der Waals surface area contributed by atoms with Crippen molar-refractivity contribution in [2.75, 3.05) is 13.2 Å². The Morgan fingerprint density at radius 1 is 1.53 bits per heavy atom. The van der Waals surface area contributed by atoms with Crippen LogP contribution in [0, 0.1) is 6.92 Å². The molecule has 4 nitrogen and oxygen atoms in total. The number of aryl methyl sites for hydroxylation is 1. The molecule has 0 radical (unpaired) electrons. The van der Waals surface area contributed by atoms with Crippen LogP contribution in [0.5, 0.6) is 5.75 Å². The summed E-state index contributed by atoms with van der Waals surface area (Å²) in [6.07, 6.45) is 0.689. The van der Waals surface area contributed by atoms with Crippen LogP contribution in [0.4, 0.5) is 0 Å². The lowest BCUT2D eigenvalue weighted by molar-refractivity contribution is 0.313. The molecule has 15 heavy (non-hydrogen) atoms. The number of benzene rings is 1.